The summed E-state index contributed by atoms with van der Waals surface area (Å²) in [6, 6.07) is 24.7. The van der Waals surface area contributed by atoms with E-state index in [1.807, 2.05) is 42.5 Å². The molecule has 3 aromatic rings. The van der Waals surface area contributed by atoms with E-state index in [2.05, 4.69) is 26.9 Å². The number of phenolic OH excluding ortho intramolecular Hbond substituents is 2. The van der Waals surface area contributed by atoms with Crippen LogP contribution in [0.25, 0.3) is 0 Å². The van der Waals surface area contributed by atoms with Crippen LogP contribution in [-0.4, -0.2) is 10.2 Å². The summed E-state index contributed by atoms with van der Waals surface area (Å²) >= 11 is 3.98. The van der Waals surface area contributed by atoms with Crippen molar-refractivity contribution in [2.75, 3.05) is 0 Å². The lowest BCUT2D eigenvalue weighted by molar-refractivity contribution is 0.474. The van der Waals surface area contributed by atoms with Gasteiger partial charge in [-0.15, -0.1) is 8.46 Å². The molecule has 3 rings (SSSR count). The average molecular weight is 375 g/mol. The number of aromatic hydroxyl groups is 2. The van der Waals surface area contributed by atoms with Crippen molar-refractivity contribution in [1.29, 1.82) is 0 Å². The molecule has 0 unspecified atom stereocenters. The smallest absolute Gasteiger partial charge is 0.115 e. The molecule has 4 heteroatoms. The second kappa shape index (κ2) is 6.07. The summed E-state index contributed by atoms with van der Waals surface area (Å²) < 4.78 is 0. The highest BCUT2D eigenvalue weighted by Crippen LogP contribution is 2.73. The van der Waals surface area contributed by atoms with E-state index in [0.717, 1.165) is 14.7 Å². The number of halogens is 1. The van der Waals surface area contributed by atoms with Crippen LogP contribution in [0.4, 0.5) is 0 Å². The fourth-order valence-corrected chi connectivity index (χ4v) is 6.60. The largest absolute Gasteiger partial charge is 0.508 e. The van der Waals surface area contributed by atoms with Gasteiger partial charge in [-0.1, -0.05) is 18.2 Å². The van der Waals surface area contributed by atoms with Crippen molar-refractivity contribution in [3.63, 3.8) is 0 Å². The van der Waals surface area contributed by atoms with Gasteiger partial charge in [-0.25, -0.2) is 0 Å². The third kappa shape index (κ3) is 2.72. The standard InChI is InChI=1S/C18H15BrO2S/c19-22(16-4-2-1-3-5-16,17-10-6-14(20)7-11-17)18-12-8-15(21)9-13-18/h1-13,20-21H. The first kappa shape index (κ1) is 15.0. The predicted octanol–water partition coefficient (Wildman–Crippen LogP) is 5.69. The van der Waals surface area contributed by atoms with Crippen molar-refractivity contribution in [2.24, 2.45) is 0 Å². The fourth-order valence-electron chi connectivity index (χ4n) is 2.28. The molecule has 0 aliphatic carbocycles. The average Bonchev–Trinajstić information content (AvgIpc) is 2.56. The van der Waals surface area contributed by atoms with E-state index in [4.69, 9.17) is 0 Å². The Bertz CT molecular complexity index is 710. The maximum atomic E-state index is 9.56. The molecule has 0 saturated carbocycles. The van der Waals surface area contributed by atoms with Gasteiger partial charge < -0.3 is 10.2 Å². The van der Waals surface area contributed by atoms with Crippen LogP contribution in [0.3, 0.4) is 0 Å². The second-order valence-electron chi connectivity index (χ2n) is 4.84. The van der Waals surface area contributed by atoms with Crippen molar-refractivity contribution < 1.29 is 10.2 Å². The van der Waals surface area contributed by atoms with Crippen LogP contribution < -0.4 is 0 Å². The molecular weight excluding hydrogens is 360 g/mol. The zero-order valence-corrected chi connectivity index (χ0v) is 14.1. The quantitative estimate of drug-likeness (QED) is 0.618. The summed E-state index contributed by atoms with van der Waals surface area (Å²) in [5.74, 6) is 0.494. The Morgan fingerprint density at radius 1 is 0.545 bits per heavy atom. The van der Waals surface area contributed by atoms with E-state index < -0.39 is 8.46 Å². The second-order valence-corrected chi connectivity index (χ2v) is 10.2. The molecule has 0 aliphatic heterocycles. The molecule has 0 heterocycles. The minimum atomic E-state index is -1.62. The first-order chi connectivity index (χ1) is 10.6. The molecule has 22 heavy (non-hydrogen) atoms. The molecule has 0 amide bonds. The summed E-state index contributed by atoms with van der Waals surface area (Å²) in [5.41, 5.74) is 0. The number of hydrogen-bond donors (Lipinski definition) is 2. The van der Waals surface area contributed by atoms with Crippen molar-refractivity contribution in [2.45, 2.75) is 14.7 Å². The highest BCUT2D eigenvalue weighted by Gasteiger charge is 2.28. The van der Waals surface area contributed by atoms with Gasteiger partial charge in [0, 0.05) is 14.7 Å². The summed E-state index contributed by atoms with van der Waals surface area (Å²) in [4.78, 5) is 3.33. The summed E-state index contributed by atoms with van der Waals surface area (Å²) in [5, 5.41) is 19.1. The van der Waals surface area contributed by atoms with Gasteiger partial charge in [-0.05, 0) is 75.5 Å². The Morgan fingerprint density at radius 3 is 1.32 bits per heavy atom. The van der Waals surface area contributed by atoms with Crippen molar-refractivity contribution >= 4 is 23.3 Å². The molecular formula is C18H15BrO2S. The minimum absolute atomic E-state index is 0.247. The highest BCUT2D eigenvalue weighted by atomic mass is 79.9. The third-order valence-corrected chi connectivity index (χ3v) is 9.52. The van der Waals surface area contributed by atoms with Crippen LogP contribution in [0.15, 0.2) is 93.5 Å². The van der Waals surface area contributed by atoms with Crippen LogP contribution in [0, 0.1) is 0 Å². The molecule has 112 valence electrons. The molecule has 0 spiro atoms. The van der Waals surface area contributed by atoms with Crippen LogP contribution in [0.2, 0.25) is 0 Å². The Hall–Kier alpha value is -1.91. The van der Waals surface area contributed by atoms with Gasteiger partial charge in [-0.2, -0.15) is 0 Å². The van der Waals surface area contributed by atoms with Gasteiger partial charge in [0.25, 0.3) is 0 Å². The van der Waals surface area contributed by atoms with Crippen molar-refractivity contribution in [3.05, 3.63) is 78.9 Å². The van der Waals surface area contributed by atoms with Crippen molar-refractivity contribution in [3.8, 4) is 11.5 Å². The first-order valence-corrected chi connectivity index (χ1v) is 10.2. The summed E-state index contributed by atoms with van der Waals surface area (Å²) in [7, 11) is -1.62. The van der Waals surface area contributed by atoms with Crippen LogP contribution in [-0.2, 0) is 0 Å². The van der Waals surface area contributed by atoms with Gasteiger partial charge in [0.05, 0.1) is 0 Å². The molecule has 0 saturated heterocycles. The predicted molar refractivity (Wildman–Crippen MR) is 94.0 cm³/mol. The number of phenols is 2. The highest BCUT2D eigenvalue weighted by molar-refractivity contribution is 9.58. The minimum Gasteiger partial charge on any atom is -0.508 e. The zero-order valence-electron chi connectivity index (χ0n) is 11.7. The Labute approximate surface area is 138 Å². The molecule has 0 aliphatic rings. The number of rotatable bonds is 3. The molecule has 0 atom stereocenters. The molecule has 0 radical (unpaired) electrons. The molecule has 2 nitrogen and oxygen atoms in total. The molecule has 0 fully saturated rings. The van der Waals surface area contributed by atoms with Crippen molar-refractivity contribution in [1.82, 2.24) is 0 Å². The lowest BCUT2D eigenvalue weighted by Crippen LogP contribution is -1.95. The van der Waals surface area contributed by atoms with E-state index in [1.165, 1.54) is 0 Å². The zero-order chi connectivity index (χ0) is 15.6. The lowest BCUT2D eigenvalue weighted by atomic mass is 10.3. The molecule has 0 aromatic heterocycles. The first-order valence-electron chi connectivity index (χ1n) is 6.77. The maximum Gasteiger partial charge on any atom is 0.115 e. The van der Waals surface area contributed by atoms with E-state index in [9.17, 15) is 10.2 Å². The maximum absolute atomic E-state index is 9.56. The Morgan fingerprint density at radius 2 is 0.909 bits per heavy atom. The third-order valence-electron chi connectivity index (χ3n) is 3.39. The lowest BCUT2D eigenvalue weighted by Gasteiger charge is -2.35. The van der Waals surface area contributed by atoms with Gasteiger partial charge in [-0.3, -0.25) is 0 Å². The van der Waals surface area contributed by atoms with E-state index >= 15 is 0 Å². The number of hydrogen-bond acceptors (Lipinski definition) is 2. The van der Waals surface area contributed by atoms with Gasteiger partial charge in [0.2, 0.25) is 0 Å². The topological polar surface area (TPSA) is 40.5 Å². The molecule has 0 bridgehead atoms. The fraction of sp³-hybridized carbons (Fsp3) is 0. The SMILES string of the molecule is Oc1ccc(S(Br)(c2ccccc2)c2ccc(O)cc2)cc1. The van der Waals surface area contributed by atoms with Gasteiger partial charge in [0.15, 0.2) is 0 Å². The van der Waals surface area contributed by atoms with Gasteiger partial charge >= 0.3 is 0 Å². The molecule has 2 N–H and O–H groups in total. The summed E-state index contributed by atoms with van der Waals surface area (Å²) in [6.45, 7) is 0. The Balaban J connectivity index is 2.22. The Kier molecular flexibility index (Phi) is 4.14. The van der Waals surface area contributed by atoms with Crippen LogP contribution >= 0.6 is 23.3 Å². The normalized spacial score (nSPS) is 12.0. The van der Waals surface area contributed by atoms with Crippen LogP contribution in [0.5, 0.6) is 11.5 Å². The van der Waals surface area contributed by atoms with E-state index in [-0.39, 0.29) is 11.5 Å². The van der Waals surface area contributed by atoms with E-state index in [0.29, 0.717) is 0 Å². The van der Waals surface area contributed by atoms with E-state index in [1.54, 1.807) is 24.3 Å². The number of benzene rings is 3. The van der Waals surface area contributed by atoms with Gasteiger partial charge in [0.1, 0.15) is 11.5 Å². The monoisotopic (exact) mass is 374 g/mol. The molecule has 3 aromatic carbocycles. The van der Waals surface area contributed by atoms with Crippen LogP contribution in [0.1, 0.15) is 0 Å². The summed E-state index contributed by atoms with van der Waals surface area (Å²) in [6.07, 6.45) is 0.